The minimum absolute atomic E-state index is 0.306. The average molecular weight is 196 g/mol. The van der Waals surface area contributed by atoms with Crippen molar-refractivity contribution in [1.82, 2.24) is 4.98 Å². The molecule has 0 amide bonds. The molecule has 1 atom stereocenters. The largest absolute Gasteiger partial charge is 0.469 e. The van der Waals surface area contributed by atoms with Gasteiger partial charge in [0.15, 0.2) is 0 Å². The minimum Gasteiger partial charge on any atom is -0.469 e. The predicted octanol–water partition coefficient (Wildman–Crippen LogP) is 1.21. The monoisotopic (exact) mass is 196 g/mol. The van der Waals surface area contributed by atoms with Crippen LogP contribution in [-0.4, -0.2) is 18.1 Å². The maximum atomic E-state index is 11.5. The van der Waals surface area contributed by atoms with Gasteiger partial charge in [-0.15, -0.1) is 0 Å². The van der Waals surface area contributed by atoms with E-state index in [0.717, 1.165) is 5.69 Å². The van der Waals surface area contributed by atoms with E-state index in [2.05, 4.69) is 4.98 Å². The number of aromatic amines is 1. The zero-order valence-corrected chi connectivity index (χ0v) is 8.70. The van der Waals surface area contributed by atoms with Gasteiger partial charge in [-0.25, -0.2) is 0 Å². The van der Waals surface area contributed by atoms with Crippen LogP contribution >= 0.6 is 0 Å². The number of H-pyrrole nitrogens is 1. The van der Waals surface area contributed by atoms with Gasteiger partial charge in [0.1, 0.15) is 0 Å². The maximum absolute atomic E-state index is 11.5. The second-order valence-electron chi connectivity index (χ2n) is 3.82. The number of methoxy groups -OCH3 is 1. The fraction of sp³-hybridized carbons (Fsp3) is 0.500. The highest BCUT2D eigenvalue weighted by molar-refractivity contribution is 5.76. The lowest BCUT2D eigenvalue weighted by molar-refractivity contribution is -0.152. The molecule has 4 heteroatoms. The van der Waals surface area contributed by atoms with Gasteiger partial charge in [-0.05, 0) is 26.0 Å². The molecule has 0 saturated carbocycles. The molecule has 14 heavy (non-hydrogen) atoms. The molecule has 1 rings (SSSR count). The number of rotatable bonds is 3. The highest BCUT2D eigenvalue weighted by Gasteiger charge is 2.36. The first-order chi connectivity index (χ1) is 6.50. The van der Waals surface area contributed by atoms with Crippen LogP contribution < -0.4 is 5.73 Å². The van der Waals surface area contributed by atoms with E-state index in [1.165, 1.54) is 7.11 Å². The molecule has 78 valence electrons. The van der Waals surface area contributed by atoms with Crippen LogP contribution in [0.5, 0.6) is 0 Å². The number of esters is 1. The highest BCUT2D eigenvalue weighted by Crippen LogP contribution is 2.31. The molecule has 0 saturated heterocycles. The predicted molar refractivity (Wildman–Crippen MR) is 53.5 cm³/mol. The first-order valence-electron chi connectivity index (χ1n) is 4.47. The van der Waals surface area contributed by atoms with Gasteiger partial charge in [0.2, 0.25) is 0 Å². The molecular formula is C10H16N2O2. The van der Waals surface area contributed by atoms with Gasteiger partial charge in [-0.2, -0.15) is 0 Å². The van der Waals surface area contributed by atoms with Gasteiger partial charge in [0.05, 0.1) is 18.6 Å². The number of carbonyl (C=O) groups excluding carboxylic acids is 1. The Labute approximate surface area is 83.4 Å². The molecule has 0 aliphatic carbocycles. The lowest BCUT2D eigenvalue weighted by Crippen LogP contribution is -2.37. The summed E-state index contributed by atoms with van der Waals surface area (Å²) in [6, 6.07) is 3.32. The van der Waals surface area contributed by atoms with Crippen molar-refractivity contribution in [3.63, 3.8) is 0 Å². The number of nitrogens with two attached hydrogens (primary N) is 1. The van der Waals surface area contributed by atoms with Crippen LogP contribution in [0.25, 0.3) is 0 Å². The fourth-order valence-electron chi connectivity index (χ4n) is 1.32. The first kappa shape index (κ1) is 10.8. The summed E-state index contributed by atoms with van der Waals surface area (Å²) < 4.78 is 4.70. The summed E-state index contributed by atoms with van der Waals surface area (Å²) in [5.74, 6) is -0.306. The van der Waals surface area contributed by atoms with E-state index in [1.807, 2.05) is 12.1 Å². The summed E-state index contributed by atoms with van der Waals surface area (Å²) in [6.07, 6.45) is 1.78. The molecule has 1 heterocycles. The molecular weight excluding hydrogens is 180 g/mol. The van der Waals surface area contributed by atoms with Crippen molar-refractivity contribution in [2.24, 2.45) is 11.1 Å². The summed E-state index contributed by atoms with van der Waals surface area (Å²) in [5, 5.41) is 0. The van der Waals surface area contributed by atoms with E-state index in [9.17, 15) is 4.79 Å². The van der Waals surface area contributed by atoms with Crippen LogP contribution in [0.2, 0.25) is 0 Å². The van der Waals surface area contributed by atoms with E-state index in [0.29, 0.717) is 0 Å². The molecule has 3 N–H and O–H groups in total. The third-order valence-corrected chi connectivity index (χ3v) is 2.45. The smallest absolute Gasteiger partial charge is 0.313 e. The second-order valence-corrected chi connectivity index (χ2v) is 3.82. The molecule has 0 fully saturated rings. The van der Waals surface area contributed by atoms with E-state index in [1.54, 1.807) is 20.0 Å². The molecule has 1 aromatic heterocycles. The Morgan fingerprint density at radius 1 is 1.64 bits per heavy atom. The van der Waals surface area contributed by atoms with Gasteiger partial charge in [-0.3, -0.25) is 4.79 Å². The van der Waals surface area contributed by atoms with Crippen molar-refractivity contribution in [3.05, 3.63) is 24.0 Å². The number of ether oxygens (including phenoxy) is 1. The second kappa shape index (κ2) is 3.84. The normalized spacial score (nSPS) is 13.7. The Bertz CT molecular complexity index is 304. The van der Waals surface area contributed by atoms with E-state index in [4.69, 9.17) is 10.5 Å². The average Bonchev–Trinajstić information content (AvgIpc) is 2.67. The van der Waals surface area contributed by atoms with Crippen LogP contribution in [0, 0.1) is 5.41 Å². The quantitative estimate of drug-likeness (QED) is 0.714. The van der Waals surface area contributed by atoms with Gasteiger partial charge < -0.3 is 15.5 Å². The molecule has 0 radical (unpaired) electrons. The number of carbonyl (C=O) groups is 1. The molecule has 0 aliphatic rings. The van der Waals surface area contributed by atoms with Gasteiger partial charge in [0, 0.05) is 11.9 Å². The van der Waals surface area contributed by atoms with Gasteiger partial charge >= 0.3 is 5.97 Å². The van der Waals surface area contributed by atoms with Crippen LogP contribution in [0.3, 0.4) is 0 Å². The SMILES string of the molecule is COC(=O)C(C)(C)[C@@H](N)c1ccc[nH]1. The van der Waals surface area contributed by atoms with Crippen molar-refractivity contribution in [3.8, 4) is 0 Å². The van der Waals surface area contributed by atoms with Crippen molar-refractivity contribution < 1.29 is 9.53 Å². The summed E-state index contributed by atoms with van der Waals surface area (Å²) >= 11 is 0. The Kier molecular flexibility index (Phi) is 2.96. The van der Waals surface area contributed by atoms with Crippen molar-refractivity contribution in [2.45, 2.75) is 19.9 Å². The molecule has 0 unspecified atom stereocenters. The Morgan fingerprint density at radius 3 is 2.71 bits per heavy atom. The Balaban J connectivity index is 2.88. The Hall–Kier alpha value is -1.29. The van der Waals surface area contributed by atoms with Crippen LogP contribution in [0.15, 0.2) is 18.3 Å². The molecule has 0 aliphatic heterocycles. The van der Waals surface area contributed by atoms with Crippen LogP contribution in [-0.2, 0) is 9.53 Å². The summed E-state index contributed by atoms with van der Waals surface area (Å²) in [5.41, 5.74) is 6.07. The van der Waals surface area contributed by atoms with Gasteiger partial charge in [0.25, 0.3) is 0 Å². The molecule has 0 aromatic carbocycles. The van der Waals surface area contributed by atoms with E-state index < -0.39 is 5.41 Å². The van der Waals surface area contributed by atoms with Crippen molar-refractivity contribution in [2.75, 3.05) is 7.11 Å². The molecule has 0 spiro atoms. The number of aromatic nitrogens is 1. The zero-order valence-electron chi connectivity index (χ0n) is 8.70. The lowest BCUT2D eigenvalue weighted by Gasteiger charge is -2.27. The third-order valence-electron chi connectivity index (χ3n) is 2.45. The number of hydrogen-bond acceptors (Lipinski definition) is 3. The fourth-order valence-corrected chi connectivity index (χ4v) is 1.32. The zero-order chi connectivity index (χ0) is 10.8. The highest BCUT2D eigenvalue weighted by atomic mass is 16.5. The summed E-state index contributed by atoms with van der Waals surface area (Å²) in [4.78, 5) is 14.4. The molecule has 1 aromatic rings. The maximum Gasteiger partial charge on any atom is 0.313 e. The lowest BCUT2D eigenvalue weighted by atomic mass is 9.83. The van der Waals surface area contributed by atoms with Crippen molar-refractivity contribution in [1.29, 1.82) is 0 Å². The van der Waals surface area contributed by atoms with E-state index >= 15 is 0 Å². The van der Waals surface area contributed by atoms with Gasteiger partial charge in [-0.1, -0.05) is 0 Å². The summed E-state index contributed by atoms with van der Waals surface area (Å²) in [6.45, 7) is 3.54. The van der Waals surface area contributed by atoms with Crippen molar-refractivity contribution >= 4 is 5.97 Å². The van der Waals surface area contributed by atoms with Crippen LogP contribution in [0.4, 0.5) is 0 Å². The molecule has 4 nitrogen and oxygen atoms in total. The number of hydrogen-bond donors (Lipinski definition) is 2. The number of nitrogens with one attached hydrogen (secondary N) is 1. The summed E-state index contributed by atoms with van der Waals surface area (Å²) in [7, 11) is 1.37. The van der Waals surface area contributed by atoms with Crippen LogP contribution in [0.1, 0.15) is 25.6 Å². The minimum atomic E-state index is -0.723. The molecule has 0 bridgehead atoms. The Morgan fingerprint density at radius 2 is 2.29 bits per heavy atom. The van der Waals surface area contributed by atoms with E-state index in [-0.39, 0.29) is 12.0 Å². The first-order valence-corrected chi connectivity index (χ1v) is 4.47. The third kappa shape index (κ3) is 1.80. The topological polar surface area (TPSA) is 68.1 Å². The standard InChI is InChI=1S/C10H16N2O2/c1-10(2,9(13)14-3)8(11)7-5-4-6-12-7/h4-6,8,12H,11H2,1-3H3/t8-/m0/s1.